The maximum Gasteiger partial charge on any atom is 0.346 e. The van der Waals surface area contributed by atoms with E-state index in [2.05, 4.69) is 33.7 Å². The minimum atomic E-state index is -0.0180. The highest BCUT2D eigenvalue weighted by Gasteiger charge is 2.46. The fourth-order valence-corrected chi connectivity index (χ4v) is 3.84. The average molecular weight is 291 g/mol. The van der Waals surface area contributed by atoms with Gasteiger partial charge in [-0.25, -0.2) is 9.78 Å². The molecule has 1 spiro atoms. The van der Waals surface area contributed by atoms with E-state index in [1.54, 1.807) is 0 Å². The molecular weight excluding hydrogens is 266 g/mol. The molecule has 0 saturated carbocycles. The average Bonchev–Trinajstić information content (AvgIpc) is 3.06. The fraction of sp³-hybridized carbons (Fsp3) is 0.800. The molecule has 0 bridgehead atoms. The zero-order valence-corrected chi connectivity index (χ0v) is 13.0. The Morgan fingerprint density at radius 1 is 1.19 bits per heavy atom. The molecule has 0 radical (unpaired) electrons. The van der Waals surface area contributed by atoms with Crippen LogP contribution in [0.5, 0.6) is 0 Å². The fourth-order valence-electron chi connectivity index (χ4n) is 3.84. The number of hydrogen-bond donors (Lipinski definition) is 0. The first-order valence-corrected chi connectivity index (χ1v) is 8.03. The minimum Gasteiger partial charge on any atom is -0.316 e. The van der Waals surface area contributed by atoms with Gasteiger partial charge in [0, 0.05) is 19.1 Å². The van der Waals surface area contributed by atoms with Crippen LogP contribution >= 0.6 is 0 Å². The van der Waals surface area contributed by atoms with Gasteiger partial charge in [-0.2, -0.15) is 9.78 Å². The maximum atomic E-state index is 12.7. The van der Waals surface area contributed by atoms with Gasteiger partial charge in [-0.05, 0) is 52.5 Å². The summed E-state index contributed by atoms with van der Waals surface area (Å²) in [4.78, 5) is 21.2. The van der Waals surface area contributed by atoms with Gasteiger partial charge in [-0.3, -0.25) is 4.90 Å². The van der Waals surface area contributed by atoms with Gasteiger partial charge in [-0.1, -0.05) is 0 Å². The van der Waals surface area contributed by atoms with Gasteiger partial charge in [-0.15, -0.1) is 0 Å². The summed E-state index contributed by atoms with van der Waals surface area (Å²) in [6.07, 6.45) is 8.66. The summed E-state index contributed by atoms with van der Waals surface area (Å²) in [5, 5.41) is 4.02. The summed E-state index contributed by atoms with van der Waals surface area (Å²) in [6.45, 7) is 7.47. The number of likely N-dealkylation sites (tertiary alicyclic amines) is 2. The van der Waals surface area contributed by atoms with Crippen LogP contribution in [0, 0.1) is 0 Å². The van der Waals surface area contributed by atoms with Crippen molar-refractivity contribution in [3.63, 3.8) is 0 Å². The Labute approximate surface area is 126 Å². The van der Waals surface area contributed by atoms with E-state index in [1.165, 1.54) is 30.2 Å². The monoisotopic (exact) mass is 291 g/mol. The van der Waals surface area contributed by atoms with Crippen molar-refractivity contribution in [3.05, 3.63) is 12.7 Å². The first-order chi connectivity index (χ1) is 10.1. The van der Waals surface area contributed by atoms with Gasteiger partial charge < -0.3 is 4.90 Å². The Hall–Kier alpha value is -1.43. The molecule has 3 heterocycles. The highest BCUT2D eigenvalue weighted by Crippen LogP contribution is 2.37. The molecule has 1 unspecified atom stereocenters. The summed E-state index contributed by atoms with van der Waals surface area (Å²) in [7, 11) is 0. The van der Waals surface area contributed by atoms with Crippen LogP contribution in [0.1, 0.15) is 46.0 Å². The Bertz CT molecular complexity index is 486. The van der Waals surface area contributed by atoms with Crippen molar-refractivity contribution in [2.24, 2.45) is 0 Å². The lowest BCUT2D eigenvalue weighted by atomic mass is 9.90. The molecule has 2 fully saturated rings. The van der Waals surface area contributed by atoms with Crippen LogP contribution in [0.25, 0.3) is 0 Å². The lowest BCUT2D eigenvalue weighted by molar-refractivity contribution is 0.0936. The number of nitrogens with zero attached hydrogens (tertiary/aromatic N) is 5. The first kappa shape index (κ1) is 14.5. The van der Waals surface area contributed by atoms with E-state index in [4.69, 9.17) is 0 Å². The lowest BCUT2D eigenvalue weighted by Crippen LogP contribution is -2.55. The van der Waals surface area contributed by atoms with E-state index in [0.717, 1.165) is 38.9 Å². The second kappa shape index (κ2) is 5.75. The van der Waals surface area contributed by atoms with Crippen LogP contribution in [-0.4, -0.2) is 61.8 Å². The van der Waals surface area contributed by atoms with E-state index in [1.807, 2.05) is 0 Å². The maximum absolute atomic E-state index is 12.7. The van der Waals surface area contributed by atoms with Crippen LogP contribution in [0.4, 0.5) is 4.79 Å². The van der Waals surface area contributed by atoms with Crippen molar-refractivity contribution in [3.8, 4) is 0 Å². The molecule has 1 atom stereocenters. The third-order valence-electron chi connectivity index (χ3n) is 5.01. The second-order valence-corrected chi connectivity index (χ2v) is 6.62. The van der Waals surface area contributed by atoms with Crippen LogP contribution in [-0.2, 0) is 0 Å². The number of carbonyl (C=O) groups is 1. The molecule has 2 saturated heterocycles. The number of amides is 1. The second-order valence-electron chi connectivity index (χ2n) is 6.62. The molecular formula is C15H25N5O. The predicted molar refractivity (Wildman–Crippen MR) is 80.0 cm³/mol. The Kier molecular flexibility index (Phi) is 3.97. The zero-order valence-electron chi connectivity index (χ0n) is 13.0. The summed E-state index contributed by atoms with van der Waals surface area (Å²) < 4.78 is 1.37. The highest BCUT2D eigenvalue weighted by molar-refractivity contribution is 5.77. The molecule has 1 amide bonds. The summed E-state index contributed by atoms with van der Waals surface area (Å²) in [5.74, 6) is 0. The summed E-state index contributed by atoms with van der Waals surface area (Å²) in [5.41, 5.74) is -0.0101. The van der Waals surface area contributed by atoms with E-state index < -0.39 is 0 Å². The normalized spacial score (nSPS) is 27.5. The molecule has 2 aliphatic heterocycles. The Morgan fingerprint density at radius 3 is 2.71 bits per heavy atom. The van der Waals surface area contributed by atoms with Gasteiger partial charge in [0.1, 0.15) is 12.7 Å². The molecule has 21 heavy (non-hydrogen) atoms. The van der Waals surface area contributed by atoms with E-state index in [-0.39, 0.29) is 11.6 Å². The van der Waals surface area contributed by atoms with Crippen LogP contribution in [0.3, 0.4) is 0 Å². The predicted octanol–water partition coefficient (Wildman–Crippen LogP) is 1.98. The van der Waals surface area contributed by atoms with Crippen LogP contribution < -0.4 is 0 Å². The Morgan fingerprint density at radius 2 is 2.00 bits per heavy atom. The van der Waals surface area contributed by atoms with Crippen molar-refractivity contribution in [1.29, 1.82) is 0 Å². The molecule has 2 aliphatic rings. The zero-order chi connectivity index (χ0) is 14.9. The third kappa shape index (κ3) is 2.69. The van der Waals surface area contributed by atoms with Crippen molar-refractivity contribution in [2.45, 2.75) is 57.5 Å². The Balaban J connectivity index is 1.85. The molecule has 1 aromatic heterocycles. The van der Waals surface area contributed by atoms with Crippen LogP contribution in [0.15, 0.2) is 12.7 Å². The standard InChI is InChI=1S/C15H25N5O/c1-13(2)18-8-4-3-6-15(10-18)7-5-9-19(15)14(21)20-12-16-11-17-20/h11-13H,3-10H2,1-2H3. The van der Waals surface area contributed by atoms with Crippen molar-refractivity contribution in [2.75, 3.05) is 19.6 Å². The lowest BCUT2D eigenvalue weighted by Gasteiger charge is -2.41. The van der Waals surface area contributed by atoms with Gasteiger partial charge in [0.05, 0.1) is 5.54 Å². The largest absolute Gasteiger partial charge is 0.346 e. The number of carbonyl (C=O) groups excluding carboxylic acids is 1. The van der Waals surface area contributed by atoms with E-state index in [0.29, 0.717) is 6.04 Å². The van der Waals surface area contributed by atoms with E-state index in [9.17, 15) is 4.79 Å². The smallest absolute Gasteiger partial charge is 0.316 e. The number of hydrogen-bond acceptors (Lipinski definition) is 4. The SMILES string of the molecule is CC(C)N1CCCCC2(CCCN2C(=O)n2cncn2)C1. The summed E-state index contributed by atoms with van der Waals surface area (Å²) in [6, 6.07) is 0.513. The van der Waals surface area contributed by atoms with Crippen molar-refractivity contribution < 1.29 is 4.79 Å². The molecule has 116 valence electrons. The molecule has 0 aromatic carbocycles. The molecule has 3 rings (SSSR count). The molecule has 0 aliphatic carbocycles. The van der Waals surface area contributed by atoms with Gasteiger partial charge in [0.2, 0.25) is 0 Å². The van der Waals surface area contributed by atoms with Gasteiger partial charge in [0.15, 0.2) is 0 Å². The third-order valence-corrected chi connectivity index (χ3v) is 5.01. The first-order valence-electron chi connectivity index (χ1n) is 8.03. The van der Waals surface area contributed by atoms with Gasteiger partial charge >= 0.3 is 6.03 Å². The summed E-state index contributed by atoms with van der Waals surface area (Å²) >= 11 is 0. The highest BCUT2D eigenvalue weighted by atomic mass is 16.2. The molecule has 1 aromatic rings. The quantitative estimate of drug-likeness (QED) is 0.794. The number of rotatable bonds is 1. The van der Waals surface area contributed by atoms with Crippen LogP contribution in [0.2, 0.25) is 0 Å². The molecule has 6 heteroatoms. The topological polar surface area (TPSA) is 54.3 Å². The van der Waals surface area contributed by atoms with Gasteiger partial charge in [0.25, 0.3) is 0 Å². The van der Waals surface area contributed by atoms with Crippen molar-refractivity contribution in [1.82, 2.24) is 24.6 Å². The molecule has 6 nitrogen and oxygen atoms in total. The minimum absolute atomic E-state index is 0.0101. The van der Waals surface area contributed by atoms with E-state index >= 15 is 0 Å². The van der Waals surface area contributed by atoms with Crippen molar-refractivity contribution >= 4 is 6.03 Å². The molecule has 0 N–H and O–H groups in total. The number of aromatic nitrogens is 3.